The highest BCUT2D eigenvalue weighted by molar-refractivity contribution is 5.96. The third kappa shape index (κ3) is 2.81. The fraction of sp³-hybridized carbons (Fsp3) is 0.294. The van der Waals surface area contributed by atoms with Gasteiger partial charge in [-0.05, 0) is 31.9 Å². The molecule has 2 aromatic rings. The number of amides is 1. The van der Waals surface area contributed by atoms with E-state index in [1.807, 2.05) is 43.3 Å². The lowest BCUT2D eigenvalue weighted by molar-refractivity contribution is 0.0906. The highest BCUT2D eigenvalue weighted by Crippen LogP contribution is 2.35. The Morgan fingerprint density at radius 3 is 2.52 bits per heavy atom. The van der Waals surface area contributed by atoms with E-state index in [9.17, 15) is 9.90 Å². The van der Waals surface area contributed by atoms with Gasteiger partial charge in [-0.3, -0.25) is 9.78 Å². The fourth-order valence-electron chi connectivity index (χ4n) is 2.35. The van der Waals surface area contributed by atoms with Crippen LogP contribution in [0.4, 0.5) is 0 Å². The van der Waals surface area contributed by atoms with Crippen LogP contribution in [0.2, 0.25) is 0 Å². The minimum Gasteiger partial charge on any atom is -0.394 e. The number of benzene rings is 1. The molecule has 0 radical (unpaired) electrons. The van der Waals surface area contributed by atoms with Crippen LogP contribution in [0, 0.1) is 6.92 Å². The Balaban J connectivity index is 1.83. The number of rotatable bonds is 4. The first kappa shape index (κ1) is 13.8. The Bertz CT molecular complexity index is 664. The monoisotopic (exact) mass is 282 g/mol. The Labute approximate surface area is 123 Å². The summed E-state index contributed by atoms with van der Waals surface area (Å²) < 4.78 is 0. The number of aryl methyl sites for hydroxylation is 1. The van der Waals surface area contributed by atoms with Crippen LogP contribution in [0.3, 0.4) is 0 Å². The molecule has 0 saturated heterocycles. The number of hydrogen-bond donors (Lipinski definition) is 2. The zero-order valence-electron chi connectivity index (χ0n) is 12.0. The molecule has 0 atom stereocenters. The lowest BCUT2D eigenvalue weighted by Gasteiger charge is -2.15. The number of aliphatic hydroxyl groups is 1. The van der Waals surface area contributed by atoms with E-state index in [4.69, 9.17) is 0 Å². The molecule has 1 fully saturated rings. The highest BCUT2D eigenvalue weighted by Gasteiger charge is 2.43. The molecular formula is C17H18N2O2. The summed E-state index contributed by atoms with van der Waals surface area (Å²) in [6.07, 6.45) is 1.67. The van der Waals surface area contributed by atoms with Crippen molar-refractivity contribution in [2.75, 3.05) is 6.61 Å². The predicted molar refractivity (Wildman–Crippen MR) is 80.9 cm³/mol. The van der Waals surface area contributed by atoms with Gasteiger partial charge in [-0.1, -0.05) is 30.3 Å². The molecule has 1 aromatic heterocycles. The molecule has 1 aliphatic rings. The minimum atomic E-state index is -0.401. The van der Waals surface area contributed by atoms with E-state index >= 15 is 0 Å². The van der Waals surface area contributed by atoms with Gasteiger partial charge in [0.2, 0.25) is 0 Å². The van der Waals surface area contributed by atoms with Gasteiger partial charge in [-0.2, -0.15) is 0 Å². The number of carbonyl (C=O) groups is 1. The first-order valence-corrected chi connectivity index (χ1v) is 7.10. The van der Waals surface area contributed by atoms with Gasteiger partial charge in [-0.25, -0.2) is 0 Å². The topological polar surface area (TPSA) is 62.2 Å². The molecule has 1 amide bonds. The molecule has 1 saturated carbocycles. The van der Waals surface area contributed by atoms with Crippen molar-refractivity contribution in [3.63, 3.8) is 0 Å². The number of aromatic nitrogens is 1. The van der Waals surface area contributed by atoms with Crippen LogP contribution in [0.5, 0.6) is 0 Å². The van der Waals surface area contributed by atoms with E-state index in [1.54, 1.807) is 6.07 Å². The largest absolute Gasteiger partial charge is 0.394 e. The Morgan fingerprint density at radius 1 is 1.24 bits per heavy atom. The molecule has 0 spiro atoms. The smallest absolute Gasteiger partial charge is 0.253 e. The van der Waals surface area contributed by atoms with E-state index < -0.39 is 5.54 Å². The van der Waals surface area contributed by atoms with Crippen molar-refractivity contribution in [2.45, 2.75) is 25.3 Å². The normalized spacial score (nSPS) is 15.5. The van der Waals surface area contributed by atoms with E-state index in [2.05, 4.69) is 10.3 Å². The number of nitrogens with one attached hydrogen (secondary N) is 1. The van der Waals surface area contributed by atoms with Gasteiger partial charge >= 0.3 is 0 Å². The van der Waals surface area contributed by atoms with Crippen molar-refractivity contribution < 1.29 is 9.90 Å². The van der Waals surface area contributed by atoms with E-state index in [0.29, 0.717) is 11.3 Å². The summed E-state index contributed by atoms with van der Waals surface area (Å²) in [5.74, 6) is -0.161. The fourth-order valence-corrected chi connectivity index (χ4v) is 2.35. The first-order valence-electron chi connectivity index (χ1n) is 7.10. The zero-order chi connectivity index (χ0) is 14.9. The third-order valence-electron chi connectivity index (χ3n) is 3.93. The second-order valence-electron chi connectivity index (χ2n) is 5.59. The van der Waals surface area contributed by atoms with E-state index in [-0.39, 0.29) is 12.5 Å². The Morgan fingerprint density at radius 2 is 1.95 bits per heavy atom. The molecule has 4 nitrogen and oxygen atoms in total. The maximum Gasteiger partial charge on any atom is 0.253 e. The van der Waals surface area contributed by atoms with E-state index in [0.717, 1.165) is 24.1 Å². The van der Waals surface area contributed by atoms with Crippen LogP contribution < -0.4 is 5.32 Å². The summed E-state index contributed by atoms with van der Waals surface area (Å²) >= 11 is 0. The standard InChI is InChI=1S/C17H18N2O2/c1-12-14(16(21)19-17(11-20)9-10-17)7-8-15(18-12)13-5-3-2-4-6-13/h2-8,20H,9-11H2,1H3,(H,19,21). The average molecular weight is 282 g/mol. The van der Waals surface area contributed by atoms with Gasteiger partial charge in [0.15, 0.2) is 0 Å². The lowest BCUT2D eigenvalue weighted by Crippen LogP contribution is -2.39. The van der Waals surface area contributed by atoms with Crippen LogP contribution in [0.1, 0.15) is 28.9 Å². The zero-order valence-corrected chi connectivity index (χ0v) is 12.0. The number of pyridine rings is 1. The maximum absolute atomic E-state index is 12.3. The molecule has 1 aromatic carbocycles. The minimum absolute atomic E-state index is 0.00663. The van der Waals surface area contributed by atoms with Gasteiger partial charge in [0, 0.05) is 5.56 Å². The third-order valence-corrected chi connectivity index (χ3v) is 3.93. The summed E-state index contributed by atoms with van der Waals surface area (Å²) in [6.45, 7) is 1.83. The molecule has 4 heteroatoms. The van der Waals surface area contributed by atoms with Gasteiger partial charge in [0.25, 0.3) is 5.91 Å². The Hall–Kier alpha value is -2.20. The molecule has 1 aliphatic carbocycles. The summed E-state index contributed by atoms with van der Waals surface area (Å²) in [4.78, 5) is 16.8. The second-order valence-corrected chi connectivity index (χ2v) is 5.59. The molecular weight excluding hydrogens is 264 g/mol. The molecule has 0 aliphatic heterocycles. The lowest BCUT2D eigenvalue weighted by atomic mass is 10.1. The van der Waals surface area contributed by atoms with Crippen molar-refractivity contribution in [2.24, 2.45) is 0 Å². The Kier molecular flexibility index (Phi) is 3.47. The highest BCUT2D eigenvalue weighted by atomic mass is 16.3. The molecule has 3 rings (SSSR count). The molecule has 21 heavy (non-hydrogen) atoms. The number of hydrogen-bond acceptors (Lipinski definition) is 3. The van der Waals surface area contributed by atoms with Crippen molar-refractivity contribution in [1.29, 1.82) is 0 Å². The summed E-state index contributed by atoms with van der Waals surface area (Å²) in [6, 6.07) is 13.5. The van der Waals surface area contributed by atoms with Gasteiger partial charge in [-0.15, -0.1) is 0 Å². The van der Waals surface area contributed by atoms with Crippen molar-refractivity contribution in [3.05, 3.63) is 53.7 Å². The molecule has 2 N–H and O–H groups in total. The number of carbonyl (C=O) groups excluding carboxylic acids is 1. The quantitative estimate of drug-likeness (QED) is 0.904. The molecule has 0 bridgehead atoms. The first-order chi connectivity index (χ1) is 10.1. The van der Waals surface area contributed by atoms with Crippen LogP contribution >= 0.6 is 0 Å². The van der Waals surface area contributed by atoms with Gasteiger partial charge < -0.3 is 10.4 Å². The molecule has 108 valence electrons. The molecule has 1 heterocycles. The second kappa shape index (κ2) is 5.30. The number of aliphatic hydroxyl groups excluding tert-OH is 1. The SMILES string of the molecule is Cc1nc(-c2ccccc2)ccc1C(=O)NC1(CO)CC1. The van der Waals surface area contributed by atoms with Crippen molar-refractivity contribution in [3.8, 4) is 11.3 Å². The maximum atomic E-state index is 12.3. The van der Waals surface area contributed by atoms with Crippen LogP contribution in [0.25, 0.3) is 11.3 Å². The van der Waals surface area contributed by atoms with E-state index in [1.165, 1.54) is 0 Å². The van der Waals surface area contributed by atoms with Crippen LogP contribution in [-0.4, -0.2) is 28.1 Å². The number of nitrogens with zero attached hydrogens (tertiary/aromatic N) is 1. The van der Waals surface area contributed by atoms with Crippen molar-refractivity contribution >= 4 is 5.91 Å². The summed E-state index contributed by atoms with van der Waals surface area (Å²) in [7, 11) is 0. The van der Waals surface area contributed by atoms with Gasteiger partial charge in [0.05, 0.1) is 29.1 Å². The average Bonchev–Trinajstić information content (AvgIpc) is 3.28. The van der Waals surface area contributed by atoms with Crippen LogP contribution in [0.15, 0.2) is 42.5 Å². The van der Waals surface area contributed by atoms with Gasteiger partial charge in [0.1, 0.15) is 0 Å². The van der Waals surface area contributed by atoms with Crippen molar-refractivity contribution in [1.82, 2.24) is 10.3 Å². The van der Waals surface area contributed by atoms with Crippen LogP contribution in [-0.2, 0) is 0 Å². The molecule has 0 unspecified atom stereocenters. The predicted octanol–water partition coefficient (Wildman–Crippen LogP) is 2.31. The summed E-state index contributed by atoms with van der Waals surface area (Å²) in [5.41, 5.74) is 2.74. The summed E-state index contributed by atoms with van der Waals surface area (Å²) in [5, 5.41) is 12.2.